The van der Waals surface area contributed by atoms with Crippen LogP contribution in [-0.4, -0.2) is 44.9 Å². The Kier molecular flexibility index (Phi) is 3.72. The number of aromatic nitrogens is 5. The van der Waals surface area contributed by atoms with Crippen LogP contribution in [-0.2, 0) is 0 Å². The molecule has 0 amide bonds. The van der Waals surface area contributed by atoms with Gasteiger partial charge >= 0.3 is 0 Å². The van der Waals surface area contributed by atoms with Crippen molar-refractivity contribution in [2.24, 2.45) is 11.8 Å². The summed E-state index contributed by atoms with van der Waals surface area (Å²) in [7, 11) is 2.03. The largest absolute Gasteiger partial charge is 0.354 e. The minimum atomic E-state index is 0.539. The number of hydrogen-bond donors (Lipinski definition) is 1. The van der Waals surface area contributed by atoms with Gasteiger partial charge in [-0.05, 0) is 31.2 Å². The van der Waals surface area contributed by atoms with Gasteiger partial charge in [-0.2, -0.15) is 20.1 Å². The fourth-order valence-electron chi connectivity index (χ4n) is 2.34. The first kappa shape index (κ1) is 13.8. The fraction of sp³-hybridized carbons (Fsp3) is 0.571. The summed E-state index contributed by atoms with van der Waals surface area (Å²) in [6.07, 6.45) is 4.84. The summed E-state index contributed by atoms with van der Waals surface area (Å²) in [6.45, 7) is 6.05. The second-order valence-corrected chi connectivity index (χ2v) is 5.59. The van der Waals surface area contributed by atoms with E-state index in [-0.39, 0.29) is 0 Å². The van der Waals surface area contributed by atoms with E-state index < -0.39 is 0 Å². The van der Waals surface area contributed by atoms with Gasteiger partial charge in [0.05, 0.1) is 0 Å². The van der Waals surface area contributed by atoms with E-state index >= 15 is 0 Å². The summed E-state index contributed by atoms with van der Waals surface area (Å²) < 4.78 is 1.65. The SMILES string of the molecule is CCNc1nc(N(C)CC2CC2C)nc(-n2cccn2)n1. The maximum Gasteiger partial charge on any atom is 0.257 e. The lowest BCUT2D eigenvalue weighted by Crippen LogP contribution is -2.24. The molecule has 0 saturated heterocycles. The van der Waals surface area contributed by atoms with E-state index in [2.05, 4.69) is 37.2 Å². The topological polar surface area (TPSA) is 71.8 Å². The Balaban J connectivity index is 1.87. The molecule has 1 aliphatic carbocycles. The Hall–Kier alpha value is -2.18. The van der Waals surface area contributed by atoms with Gasteiger partial charge in [0.1, 0.15) is 0 Å². The standard InChI is InChI=1S/C14H21N7/c1-4-15-12-17-13(20(3)9-11-8-10(11)2)19-14(18-12)21-7-5-6-16-21/h5-7,10-11H,4,8-9H2,1-3H3,(H,15,17,18,19). The van der Waals surface area contributed by atoms with Gasteiger partial charge in [0.2, 0.25) is 11.9 Å². The highest BCUT2D eigenvalue weighted by Gasteiger charge is 2.33. The smallest absolute Gasteiger partial charge is 0.257 e. The van der Waals surface area contributed by atoms with E-state index in [1.807, 2.05) is 26.2 Å². The normalized spacial score (nSPS) is 20.3. The van der Waals surface area contributed by atoms with Crippen molar-refractivity contribution in [3.05, 3.63) is 18.5 Å². The molecular formula is C14H21N7. The third kappa shape index (κ3) is 3.12. The highest BCUT2D eigenvalue weighted by Crippen LogP contribution is 2.38. The van der Waals surface area contributed by atoms with Gasteiger partial charge in [-0.25, -0.2) is 4.68 Å². The van der Waals surface area contributed by atoms with Crippen LogP contribution < -0.4 is 10.2 Å². The summed E-state index contributed by atoms with van der Waals surface area (Å²) in [5.41, 5.74) is 0. The van der Waals surface area contributed by atoms with E-state index in [1.54, 1.807) is 10.9 Å². The van der Waals surface area contributed by atoms with Crippen LogP contribution in [0.3, 0.4) is 0 Å². The molecule has 0 bridgehead atoms. The van der Waals surface area contributed by atoms with E-state index in [9.17, 15) is 0 Å². The lowest BCUT2D eigenvalue weighted by Gasteiger charge is -2.18. The molecule has 1 aliphatic rings. The quantitative estimate of drug-likeness (QED) is 0.869. The van der Waals surface area contributed by atoms with Gasteiger partial charge < -0.3 is 10.2 Å². The second-order valence-electron chi connectivity index (χ2n) is 5.59. The number of nitrogens with zero attached hydrogens (tertiary/aromatic N) is 6. The molecule has 0 radical (unpaired) electrons. The molecule has 112 valence electrons. The third-order valence-electron chi connectivity index (χ3n) is 3.78. The summed E-state index contributed by atoms with van der Waals surface area (Å²) in [5, 5.41) is 7.34. The first-order chi connectivity index (χ1) is 10.2. The Bertz CT molecular complexity index is 595. The molecule has 0 aliphatic heterocycles. The van der Waals surface area contributed by atoms with E-state index in [0.717, 1.165) is 24.9 Å². The molecule has 2 aromatic heterocycles. The van der Waals surface area contributed by atoms with Gasteiger partial charge in [0, 0.05) is 32.5 Å². The number of nitrogens with one attached hydrogen (secondary N) is 1. The maximum atomic E-state index is 4.53. The molecule has 7 heteroatoms. The van der Waals surface area contributed by atoms with Crippen molar-refractivity contribution < 1.29 is 0 Å². The van der Waals surface area contributed by atoms with Crippen LogP contribution in [0.5, 0.6) is 0 Å². The van der Waals surface area contributed by atoms with Crippen LogP contribution in [0.1, 0.15) is 20.3 Å². The Morgan fingerprint density at radius 2 is 2.19 bits per heavy atom. The minimum Gasteiger partial charge on any atom is -0.354 e. The molecule has 1 N–H and O–H groups in total. The Labute approximate surface area is 124 Å². The summed E-state index contributed by atoms with van der Waals surface area (Å²) in [5.74, 6) is 3.38. The average Bonchev–Trinajstić information content (AvgIpc) is 2.95. The molecule has 0 spiro atoms. The number of rotatable bonds is 6. The number of hydrogen-bond acceptors (Lipinski definition) is 6. The van der Waals surface area contributed by atoms with Crippen LogP contribution in [0, 0.1) is 11.8 Å². The van der Waals surface area contributed by atoms with Crippen LogP contribution in [0.15, 0.2) is 18.5 Å². The van der Waals surface area contributed by atoms with Gasteiger partial charge in [0.25, 0.3) is 5.95 Å². The van der Waals surface area contributed by atoms with Crippen molar-refractivity contribution in [2.75, 3.05) is 30.4 Å². The predicted molar refractivity (Wildman–Crippen MR) is 81.7 cm³/mol. The van der Waals surface area contributed by atoms with Gasteiger partial charge in [-0.15, -0.1) is 0 Å². The van der Waals surface area contributed by atoms with E-state index in [4.69, 9.17) is 0 Å². The Morgan fingerprint density at radius 3 is 2.81 bits per heavy atom. The summed E-state index contributed by atoms with van der Waals surface area (Å²) >= 11 is 0. The van der Waals surface area contributed by atoms with Crippen LogP contribution >= 0.6 is 0 Å². The Morgan fingerprint density at radius 1 is 1.38 bits per heavy atom. The zero-order valence-electron chi connectivity index (χ0n) is 12.7. The summed E-state index contributed by atoms with van der Waals surface area (Å²) in [4.78, 5) is 15.5. The van der Waals surface area contributed by atoms with Crippen molar-refractivity contribution in [2.45, 2.75) is 20.3 Å². The van der Waals surface area contributed by atoms with Crippen molar-refractivity contribution in [3.63, 3.8) is 0 Å². The third-order valence-corrected chi connectivity index (χ3v) is 3.78. The highest BCUT2D eigenvalue weighted by atomic mass is 15.4. The van der Waals surface area contributed by atoms with Crippen molar-refractivity contribution in [1.82, 2.24) is 24.7 Å². The van der Waals surface area contributed by atoms with Crippen LogP contribution in [0.4, 0.5) is 11.9 Å². The molecule has 0 aromatic carbocycles. The van der Waals surface area contributed by atoms with Crippen LogP contribution in [0.25, 0.3) is 5.95 Å². The summed E-state index contributed by atoms with van der Waals surface area (Å²) in [6, 6.07) is 1.85. The minimum absolute atomic E-state index is 0.539. The first-order valence-electron chi connectivity index (χ1n) is 7.38. The van der Waals surface area contributed by atoms with E-state index in [0.29, 0.717) is 17.8 Å². The molecule has 2 heterocycles. The molecule has 3 rings (SSSR count). The molecule has 1 saturated carbocycles. The molecular weight excluding hydrogens is 266 g/mol. The molecule has 7 nitrogen and oxygen atoms in total. The average molecular weight is 287 g/mol. The molecule has 2 unspecified atom stereocenters. The highest BCUT2D eigenvalue weighted by molar-refractivity contribution is 5.39. The first-order valence-corrected chi connectivity index (χ1v) is 7.38. The molecule has 2 aromatic rings. The molecule has 21 heavy (non-hydrogen) atoms. The zero-order chi connectivity index (χ0) is 14.8. The maximum absolute atomic E-state index is 4.53. The van der Waals surface area contributed by atoms with Gasteiger partial charge in [-0.3, -0.25) is 0 Å². The van der Waals surface area contributed by atoms with Crippen molar-refractivity contribution in [3.8, 4) is 5.95 Å². The number of anilines is 2. The van der Waals surface area contributed by atoms with Gasteiger partial charge in [0.15, 0.2) is 0 Å². The van der Waals surface area contributed by atoms with Gasteiger partial charge in [-0.1, -0.05) is 6.92 Å². The monoisotopic (exact) mass is 287 g/mol. The van der Waals surface area contributed by atoms with Crippen molar-refractivity contribution >= 4 is 11.9 Å². The lowest BCUT2D eigenvalue weighted by atomic mass is 10.3. The second kappa shape index (κ2) is 5.67. The van der Waals surface area contributed by atoms with Crippen LogP contribution in [0.2, 0.25) is 0 Å². The van der Waals surface area contributed by atoms with Crippen molar-refractivity contribution in [1.29, 1.82) is 0 Å². The molecule has 1 fully saturated rings. The lowest BCUT2D eigenvalue weighted by molar-refractivity contribution is 0.702. The predicted octanol–water partition coefficient (Wildman–Crippen LogP) is 1.58. The van der Waals surface area contributed by atoms with E-state index in [1.165, 1.54) is 6.42 Å². The zero-order valence-corrected chi connectivity index (χ0v) is 12.7. The fourth-order valence-corrected chi connectivity index (χ4v) is 2.34. The molecule has 2 atom stereocenters.